The fourth-order valence-corrected chi connectivity index (χ4v) is 3.30. The van der Waals surface area contributed by atoms with Crippen molar-refractivity contribution in [2.75, 3.05) is 0 Å². The monoisotopic (exact) mass is 462 g/mol. The van der Waals surface area contributed by atoms with Crippen molar-refractivity contribution in [1.82, 2.24) is 9.78 Å². The van der Waals surface area contributed by atoms with Gasteiger partial charge in [-0.1, -0.05) is 61.1 Å². The lowest BCUT2D eigenvalue weighted by Crippen LogP contribution is -2.06. The van der Waals surface area contributed by atoms with Gasteiger partial charge in [0.1, 0.15) is 10.7 Å². The number of alkyl halides is 4. The zero-order valence-electron chi connectivity index (χ0n) is 10.5. The van der Waals surface area contributed by atoms with E-state index in [1.54, 1.807) is 18.2 Å². The van der Waals surface area contributed by atoms with Crippen LogP contribution in [0.1, 0.15) is 9.30 Å². The first-order chi connectivity index (χ1) is 9.81. The van der Waals surface area contributed by atoms with Crippen LogP contribution in [0.25, 0.3) is 11.3 Å². The number of ether oxygens (including phenoxy) is 1. The fourth-order valence-electron chi connectivity index (χ4n) is 1.74. The number of benzene rings is 1. The SMILES string of the molecule is Cn1nc(-c2ccc(Cl)c(C(Br)Br)c2)c(Cl)c1OC(F)F. The van der Waals surface area contributed by atoms with E-state index in [9.17, 15) is 8.78 Å². The van der Waals surface area contributed by atoms with Crippen molar-refractivity contribution in [1.29, 1.82) is 0 Å². The average molecular weight is 465 g/mol. The maximum absolute atomic E-state index is 12.4. The van der Waals surface area contributed by atoms with Gasteiger partial charge in [0, 0.05) is 17.6 Å². The number of aryl methyl sites for hydroxylation is 1. The van der Waals surface area contributed by atoms with E-state index >= 15 is 0 Å². The molecular formula is C12H8Br2Cl2F2N2O. The molecule has 0 N–H and O–H groups in total. The first-order valence-corrected chi connectivity index (χ1v) is 8.15. The summed E-state index contributed by atoms with van der Waals surface area (Å²) in [7, 11) is 1.47. The molecule has 0 amide bonds. The normalized spacial score (nSPS) is 11.5. The van der Waals surface area contributed by atoms with Crippen molar-refractivity contribution in [3.05, 3.63) is 33.8 Å². The largest absolute Gasteiger partial charge is 0.416 e. The van der Waals surface area contributed by atoms with E-state index < -0.39 is 6.61 Å². The third-order valence-electron chi connectivity index (χ3n) is 2.64. The van der Waals surface area contributed by atoms with E-state index in [-0.39, 0.29) is 14.6 Å². The summed E-state index contributed by atoms with van der Waals surface area (Å²) in [6, 6.07) is 5.14. The highest BCUT2D eigenvalue weighted by atomic mass is 79.9. The van der Waals surface area contributed by atoms with Crippen molar-refractivity contribution in [2.45, 2.75) is 10.3 Å². The smallest absolute Gasteiger partial charge is 0.388 e. The number of aromatic nitrogens is 2. The predicted octanol–water partition coefficient (Wildman–Crippen LogP) is 5.78. The molecule has 0 aliphatic heterocycles. The van der Waals surface area contributed by atoms with Gasteiger partial charge in [0.2, 0.25) is 5.88 Å². The Morgan fingerprint density at radius 2 is 1.95 bits per heavy atom. The molecule has 0 unspecified atom stereocenters. The van der Waals surface area contributed by atoms with E-state index in [1.165, 1.54) is 7.05 Å². The second-order valence-corrected chi connectivity index (χ2v) is 7.85. The summed E-state index contributed by atoms with van der Waals surface area (Å²) in [5.41, 5.74) is 1.75. The molecule has 0 fully saturated rings. The molecule has 114 valence electrons. The van der Waals surface area contributed by atoms with Gasteiger partial charge in [-0.3, -0.25) is 0 Å². The maximum Gasteiger partial charge on any atom is 0.388 e. The summed E-state index contributed by atoms with van der Waals surface area (Å²) < 4.78 is 30.1. The second kappa shape index (κ2) is 6.81. The highest BCUT2D eigenvalue weighted by Crippen LogP contribution is 2.40. The van der Waals surface area contributed by atoms with Gasteiger partial charge in [-0.15, -0.1) is 0 Å². The predicted molar refractivity (Wildman–Crippen MR) is 85.9 cm³/mol. The summed E-state index contributed by atoms with van der Waals surface area (Å²) in [4.78, 5) is 0. The van der Waals surface area contributed by atoms with Crippen molar-refractivity contribution in [3.8, 4) is 17.1 Å². The molecule has 3 nitrogen and oxygen atoms in total. The van der Waals surface area contributed by atoms with Gasteiger partial charge in [-0.2, -0.15) is 13.9 Å². The van der Waals surface area contributed by atoms with Crippen LogP contribution in [-0.4, -0.2) is 16.4 Å². The van der Waals surface area contributed by atoms with Gasteiger partial charge in [-0.25, -0.2) is 4.68 Å². The Balaban J connectivity index is 2.50. The molecule has 0 aliphatic carbocycles. The molecule has 2 aromatic rings. The van der Waals surface area contributed by atoms with Crippen LogP contribution in [-0.2, 0) is 7.05 Å². The minimum absolute atomic E-state index is 0.0202. The zero-order valence-corrected chi connectivity index (χ0v) is 15.1. The number of rotatable bonds is 4. The molecule has 0 bridgehead atoms. The van der Waals surface area contributed by atoms with Gasteiger partial charge < -0.3 is 4.74 Å². The molecule has 0 aliphatic rings. The highest BCUT2D eigenvalue weighted by Gasteiger charge is 2.21. The molecule has 21 heavy (non-hydrogen) atoms. The second-order valence-electron chi connectivity index (χ2n) is 4.01. The highest BCUT2D eigenvalue weighted by molar-refractivity contribution is 9.24. The van der Waals surface area contributed by atoms with Crippen LogP contribution in [0.3, 0.4) is 0 Å². The van der Waals surface area contributed by atoms with Crippen LogP contribution in [0.15, 0.2) is 18.2 Å². The van der Waals surface area contributed by atoms with Crippen molar-refractivity contribution >= 4 is 55.1 Å². The fraction of sp³-hybridized carbons (Fsp3) is 0.250. The lowest BCUT2D eigenvalue weighted by Gasteiger charge is -2.07. The molecule has 0 spiro atoms. The summed E-state index contributed by atoms with van der Waals surface area (Å²) >= 11 is 18.9. The molecule has 1 heterocycles. The lowest BCUT2D eigenvalue weighted by molar-refractivity contribution is -0.0552. The van der Waals surface area contributed by atoms with Crippen LogP contribution in [0.4, 0.5) is 8.78 Å². The Hall–Kier alpha value is -0.370. The van der Waals surface area contributed by atoms with Gasteiger partial charge >= 0.3 is 6.61 Å². The number of hydrogen-bond acceptors (Lipinski definition) is 2. The van der Waals surface area contributed by atoms with E-state index in [0.29, 0.717) is 16.3 Å². The first-order valence-electron chi connectivity index (χ1n) is 5.56. The quantitative estimate of drug-likeness (QED) is 0.536. The van der Waals surface area contributed by atoms with Crippen molar-refractivity contribution in [2.24, 2.45) is 7.05 Å². The molecular weight excluding hydrogens is 457 g/mol. The van der Waals surface area contributed by atoms with Gasteiger partial charge in [0.15, 0.2) is 0 Å². The molecule has 0 radical (unpaired) electrons. The van der Waals surface area contributed by atoms with E-state index in [2.05, 4.69) is 41.7 Å². The van der Waals surface area contributed by atoms with Crippen molar-refractivity contribution < 1.29 is 13.5 Å². The molecule has 0 atom stereocenters. The molecule has 1 aromatic carbocycles. The molecule has 0 saturated carbocycles. The maximum atomic E-state index is 12.4. The van der Waals surface area contributed by atoms with Crippen LogP contribution < -0.4 is 4.74 Å². The summed E-state index contributed by atoms with van der Waals surface area (Å²) in [6.07, 6.45) is 0. The number of nitrogens with zero attached hydrogens (tertiary/aromatic N) is 2. The lowest BCUT2D eigenvalue weighted by atomic mass is 10.1. The topological polar surface area (TPSA) is 27.1 Å². The minimum atomic E-state index is -2.97. The molecule has 2 rings (SSSR count). The minimum Gasteiger partial charge on any atom is -0.416 e. The van der Waals surface area contributed by atoms with Crippen LogP contribution >= 0.6 is 55.1 Å². The summed E-state index contributed by atoms with van der Waals surface area (Å²) in [5.74, 6) is -0.188. The van der Waals surface area contributed by atoms with E-state index in [1.807, 2.05) is 0 Å². The standard InChI is InChI=1S/C12H8Br2Cl2F2N2O/c1-20-11(21-12(17)18)8(16)9(19-20)5-2-3-7(15)6(4-5)10(13)14/h2-4,10,12H,1H3. The van der Waals surface area contributed by atoms with E-state index in [4.69, 9.17) is 23.2 Å². The Morgan fingerprint density at radius 1 is 1.29 bits per heavy atom. The Bertz CT molecular complexity index is 665. The van der Waals surface area contributed by atoms with Gasteiger partial charge in [0.25, 0.3) is 0 Å². The van der Waals surface area contributed by atoms with Crippen molar-refractivity contribution in [3.63, 3.8) is 0 Å². The molecule has 1 aromatic heterocycles. The molecule has 0 saturated heterocycles. The van der Waals surface area contributed by atoms with Crippen LogP contribution in [0.5, 0.6) is 5.88 Å². The average Bonchev–Trinajstić information content (AvgIpc) is 2.66. The van der Waals surface area contributed by atoms with Gasteiger partial charge in [-0.05, 0) is 17.7 Å². The number of hydrogen-bond donors (Lipinski definition) is 0. The summed E-state index contributed by atoms with van der Waals surface area (Å²) in [6.45, 7) is -2.97. The summed E-state index contributed by atoms with van der Waals surface area (Å²) in [5, 5.41) is 4.69. The number of halogens is 6. The Morgan fingerprint density at radius 3 is 2.52 bits per heavy atom. The zero-order chi connectivity index (χ0) is 15.7. The van der Waals surface area contributed by atoms with Crippen LogP contribution in [0, 0.1) is 0 Å². The first kappa shape index (κ1) is 17.0. The Labute approximate surface area is 146 Å². The molecule has 9 heteroatoms. The van der Waals surface area contributed by atoms with Crippen LogP contribution in [0.2, 0.25) is 10.0 Å². The third kappa shape index (κ3) is 3.70. The van der Waals surface area contributed by atoms with Gasteiger partial charge in [0.05, 0.1) is 3.74 Å². The third-order valence-corrected chi connectivity index (χ3v) is 4.32. The Kier molecular flexibility index (Phi) is 5.51. The van der Waals surface area contributed by atoms with E-state index in [0.717, 1.165) is 10.2 Å².